The van der Waals surface area contributed by atoms with Crippen LogP contribution >= 0.6 is 0 Å². The fraction of sp³-hybridized carbons (Fsp3) is 1.00. The highest BCUT2D eigenvalue weighted by molar-refractivity contribution is 4.95. The predicted molar refractivity (Wildman–Crippen MR) is 66.7 cm³/mol. The molecule has 3 nitrogen and oxygen atoms in total. The molecule has 1 N–H and O–H groups in total. The Hall–Kier alpha value is -0.120. The number of hydrogen-bond acceptors (Lipinski definition) is 3. The van der Waals surface area contributed by atoms with Crippen molar-refractivity contribution < 1.29 is 4.74 Å². The number of rotatable bonds is 3. The highest BCUT2D eigenvalue weighted by atomic mass is 16.5. The molecule has 0 aromatic rings. The molecule has 0 bridgehead atoms. The van der Waals surface area contributed by atoms with Crippen LogP contribution in [0.2, 0.25) is 0 Å². The van der Waals surface area contributed by atoms with Gasteiger partial charge in [-0.1, -0.05) is 13.3 Å². The second-order valence-electron chi connectivity index (χ2n) is 5.90. The van der Waals surface area contributed by atoms with Gasteiger partial charge in [0.25, 0.3) is 0 Å². The first kappa shape index (κ1) is 12.3. The molecule has 2 unspecified atom stereocenters. The quantitative estimate of drug-likeness (QED) is 0.791. The van der Waals surface area contributed by atoms with E-state index in [4.69, 9.17) is 4.74 Å². The van der Waals surface area contributed by atoms with Gasteiger partial charge >= 0.3 is 0 Å². The van der Waals surface area contributed by atoms with Crippen LogP contribution in [0.4, 0.5) is 0 Å². The Kier molecular flexibility index (Phi) is 3.88. The van der Waals surface area contributed by atoms with E-state index >= 15 is 0 Å². The second kappa shape index (κ2) is 5.03. The maximum absolute atomic E-state index is 5.54. The molecule has 2 aliphatic rings. The summed E-state index contributed by atoms with van der Waals surface area (Å²) in [5, 5.41) is 3.66. The van der Waals surface area contributed by atoms with Crippen molar-refractivity contribution in [1.82, 2.24) is 10.2 Å². The molecule has 2 fully saturated rings. The van der Waals surface area contributed by atoms with E-state index in [0.29, 0.717) is 12.1 Å². The number of piperazine rings is 1. The average Bonchev–Trinajstić information content (AvgIpc) is 2.74. The van der Waals surface area contributed by atoms with Gasteiger partial charge in [-0.25, -0.2) is 0 Å². The van der Waals surface area contributed by atoms with Gasteiger partial charge in [0, 0.05) is 37.3 Å². The molecule has 16 heavy (non-hydrogen) atoms. The lowest BCUT2D eigenvalue weighted by Gasteiger charge is -2.47. The van der Waals surface area contributed by atoms with Gasteiger partial charge in [-0.15, -0.1) is 0 Å². The molecule has 94 valence electrons. The molecule has 0 radical (unpaired) electrons. The Bertz CT molecular complexity index is 224. The molecular formula is C13H26N2O. The molecule has 0 aromatic carbocycles. The van der Waals surface area contributed by atoms with Crippen LogP contribution in [0.25, 0.3) is 0 Å². The van der Waals surface area contributed by atoms with E-state index in [1.165, 1.54) is 19.3 Å². The lowest BCUT2D eigenvalue weighted by atomic mass is 9.94. The fourth-order valence-corrected chi connectivity index (χ4v) is 2.96. The molecule has 0 aromatic heterocycles. The van der Waals surface area contributed by atoms with Crippen molar-refractivity contribution in [3.8, 4) is 0 Å². The zero-order valence-electron chi connectivity index (χ0n) is 11.0. The summed E-state index contributed by atoms with van der Waals surface area (Å²) < 4.78 is 5.54. The molecule has 0 amide bonds. The summed E-state index contributed by atoms with van der Waals surface area (Å²) in [7, 11) is 0. The third-order valence-electron chi connectivity index (χ3n) is 3.86. The van der Waals surface area contributed by atoms with Crippen LogP contribution in [0.5, 0.6) is 0 Å². The first-order valence-corrected chi connectivity index (χ1v) is 6.71. The Morgan fingerprint density at radius 3 is 2.88 bits per heavy atom. The minimum Gasteiger partial charge on any atom is -0.380 e. The van der Waals surface area contributed by atoms with Crippen LogP contribution in [-0.2, 0) is 4.74 Å². The summed E-state index contributed by atoms with van der Waals surface area (Å²) >= 11 is 0. The zero-order chi connectivity index (χ0) is 11.6. The average molecular weight is 226 g/mol. The number of nitrogens with one attached hydrogen (secondary N) is 1. The van der Waals surface area contributed by atoms with Crippen molar-refractivity contribution >= 4 is 0 Å². The highest BCUT2D eigenvalue weighted by Crippen LogP contribution is 2.24. The maximum atomic E-state index is 5.54. The summed E-state index contributed by atoms with van der Waals surface area (Å²) in [5.74, 6) is 0. The van der Waals surface area contributed by atoms with Gasteiger partial charge in [0.15, 0.2) is 0 Å². The number of ether oxygens (including phenoxy) is 1. The third kappa shape index (κ3) is 2.76. The Balaban J connectivity index is 2.01. The van der Waals surface area contributed by atoms with Crippen molar-refractivity contribution in [2.75, 3.05) is 26.3 Å². The van der Waals surface area contributed by atoms with Gasteiger partial charge < -0.3 is 10.1 Å². The molecule has 2 aliphatic heterocycles. The molecule has 3 heteroatoms. The van der Waals surface area contributed by atoms with E-state index in [2.05, 4.69) is 31.0 Å². The van der Waals surface area contributed by atoms with Crippen molar-refractivity contribution in [2.45, 2.75) is 57.7 Å². The Labute approximate surface area is 99.5 Å². The monoisotopic (exact) mass is 226 g/mol. The van der Waals surface area contributed by atoms with E-state index in [0.717, 1.165) is 26.3 Å². The van der Waals surface area contributed by atoms with Crippen molar-refractivity contribution in [1.29, 1.82) is 0 Å². The van der Waals surface area contributed by atoms with E-state index in [-0.39, 0.29) is 5.54 Å². The summed E-state index contributed by atoms with van der Waals surface area (Å²) in [6.45, 7) is 11.1. The van der Waals surface area contributed by atoms with Crippen LogP contribution < -0.4 is 5.32 Å². The standard InChI is InChI=1S/C13H26N2O/c1-4-5-11-8-14-13(2,3)10-15(11)12-6-7-16-9-12/h11-12,14H,4-10H2,1-3H3. The minimum atomic E-state index is 0.257. The molecule has 0 aliphatic carbocycles. The molecular weight excluding hydrogens is 200 g/mol. The SMILES string of the molecule is CCCC1CNC(C)(C)CN1C1CCOC1. The van der Waals surface area contributed by atoms with Crippen LogP contribution in [0, 0.1) is 0 Å². The Morgan fingerprint density at radius 1 is 1.44 bits per heavy atom. The molecule has 2 saturated heterocycles. The number of nitrogens with zero attached hydrogens (tertiary/aromatic N) is 1. The topological polar surface area (TPSA) is 24.5 Å². The lowest BCUT2D eigenvalue weighted by Crippen LogP contribution is -2.64. The van der Waals surface area contributed by atoms with Crippen LogP contribution in [0.15, 0.2) is 0 Å². The van der Waals surface area contributed by atoms with Gasteiger partial charge in [0.2, 0.25) is 0 Å². The van der Waals surface area contributed by atoms with Gasteiger partial charge in [0.05, 0.1) is 6.61 Å². The van der Waals surface area contributed by atoms with Gasteiger partial charge in [-0.05, 0) is 26.7 Å². The highest BCUT2D eigenvalue weighted by Gasteiger charge is 2.37. The van der Waals surface area contributed by atoms with Crippen LogP contribution in [0.3, 0.4) is 0 Å². The number of hydrogen-bond donors (Lipinski definition) is 1. The third-order valence-corrected chi connectivity index (χ3v) is 3.86. The molecule has 2 atom stereocenters. The van der Waals surface area contributed by atoms with Crippen LogP contribution in [0.1, 0.15) is 40.0 Å². The Morgan fingerprint density at radius 2 is 2.25 bits per heavy atom. The van der Waals surface area contributed by atoms with Gasteiger partial charge in [0.1, 0.15) is 0 Å². The van der Waals surface area contributed by atoms with Gasteiger partial charge in [-0.2, -0.15) is 0 Å². The normalized spacial score (nSPS) is 35.4. The summed E-state index contributed by atoms with van der Waals surface area (Å²) in [6, 6.07) is 1.38. The second-order valence-corrected chi connectivity index (χ2v) is 5.90. The lowest BCUT2D eigenvalue weighted by molar-refractivity contribution is 0.0427. The van der Waals surface area contributed by atoms with E-state index in [9.17, 15) is 0 Å². The summed E-state index contributed by atoms with van der Waals surface area (Å²) in [5.41, 5.74) is 0.257. The van der Waals surface area contributed by atoms with Gasteiger partial charge in [-0.3, -0.25) is 4.90 Å². The molecule has 2 heterocycles. The first-order chi connectivity index (χ1) is 7.62. The van der Waals surface area contributed by atoms with Crippen LogP contribution in [-0.4, -0.2) is 48.8 Å². The van der Waals surface area contributed by atoms with Crippen molar-refractivity contribution in [3.05, 3.63) is 0 Å². The maximum Gasteiger partial charge on any atom is 0.0622 e. The molecule has 2 rings (SSSR count). The smallest absolute Gasteiger partial charge is 0.0622 e. The van der Waals surface area contributed by atoms with Crippen molar-refractivity contribution in [3.63, 3.8) is 0 Å². The van der Waals surface area contributed by atoms with E-state index in [1.807, 2.05) is 0 Å². The molecule has 0 saturated carbocycles. The summed E-state index contributed by atoms with van der Waals surface area (Å²) in [6.07, 6.45) is 3.80. The minimum absolute atomic E-state index is 0.257. The summed E-state index contributed by atoms with van der Waals surface area (Å²) in [4.78, 5) is 2.70. The van der Waals surface area contributed by atoms with E-state index < -0.39 is 0 Å². The zero-order valence-corrected chi connectivity index (χ0v) is 11.0. The van der Waals surface area contributed by atoms with E-state index in [1.54, 1.807) is 0 Å². The molecule has 0 spiro atoms. The first-order valence-electron chi connectivity index (χ1n) is 6.71. The van der Waals surface area contributed by atoms with Crippen molar-refractivity contribution in [2.24, 2.45) is 0 Å². The largest absolute Gasteiger partial charge is 0.380 e. The fourth-order valence-electron chi connectivity index (χ4n) is 2.96. The predicted octanol–water partition coefficient (Wildman–Crippen LogP) is 1.63.